The summed E-state index contributed by atoms with van der Waals surface area (Å²) in [5.41, 5.74) is 0.822. The van der Waals surface area contributed by atoms with Crippen LogP contribution in [0.15, 0.2) is 36.4 Å². The molecule has 2 aromatic rings. The molecule has 0 unspecified atom stereocenters. The van der Waals surface area contributed by atoms with Crippen LogP contribution in [-0.2, 0) is 11.2 Å². The average molecular weight is 403 g/mol. The van der Waals surface area contributed by atoms with Gasteiger partial charge in [0.05, 0.1) is 20.1 Å². The van der Waals surface area contributed by atoms with Crippen LogP contribution in [0.5, 0.6) is 23.0 Å². The fraction of sp³-hybridized carbons (Fsp3) is 0.381. The number of carbonyl (C=O) groups is 1. The molecule has 2 atom stereocenters. The Bertz CT molecular complexity index is 905. The first-order valence-corrected chi connectivity index (χ1v) is 9.38. The summed E-state index contributed by atoms with van der Waals surface area (Å²) in [6.07, 6.45) is -0.710. The lowest BCUT2D eigenvalue weighted by Crippen LogP contribution is -2.51. The number of rotatable bonds is 5. The minimum absolute atomic E-state index is 0.0827. The second-order valence-electron chi connectivity index (χ2n) is 7.01. The highest BCUT2D eigenvalue weighted by Gasteiger charge is 2.32. The van der Waals surface area contributed by atoms with Crippen molar-refractivity contribution < 1.29 is 33.2 Å². The van der Waals surface area contributed by atoms with Crippen molar-refractivity contribution in [2.24, 2.45) is 0 Å². The third kappa shape index (κ3) is 4.22. The molecule has 1 fully saturated rings. The number of nitrogens with zero attached hydrogens (tertiary/aromatic N) is 1. The van der Waals surface area contributed by atoms with Crippen molar-refractivity contribution in [1.82, 2.24) is 4.90 Å². The van der Waals surface area contributed by atoms with Crippen molar-refractivity contribution in [3.8, 4) is 23.0 Å². The molecule has 2 heterocycles. The van der Waals surface area contributed by atoms with Crippen LogP contribution in [0.25, 0.3) is 0 Å². The van der Waals surface area contributed by atoms with Crippen LogP contribution >= 0.6 is 0 Å². The molecule has 0 aromatic heterocycles. The number of hydrogen-bond acceptors (Lipinski definition) is 6. The van der Waals surface area contributed by atoms with E-state index in [-0.39, 0.29) is 31.4 Å². The summed E-state index contributed by atoms with van der Waals surface area (Å²) in [6.45, 7) is 0.803. The van der Waals surface area contributed by atoms with Gasteiger partial charge >= 0.3 is 0 Å². The Morgan fingerprint density at radius 1 is 1.21 bits per heavy atom. The number of piperidine rings is 1. The van der Waals surface area contributed by atoms with Crippen LogP contribution in [0.1, 0.15) is 12.0 Å². The van der Waals surface area contributed by atoms with Crippen LogP contribution < -0.4 is 18.9 Å². The van der Waals surface area contributed by atoms with E-state index >= 15 is 0 Å². The van der Waals surface area contributed by atoms with Crippen molar-refractivity contribution in [2.75, 3.05) is 27.0 Å². The maximum Gasteiger partial charge on any atom is 0.231 e. The Hall–Kier alpha value is -3.00. The molecule has 0 bridgehead atoms. The van der Waals surface area contributed by atoms with E-state index in [0.717, 1.165) is 5.56 Å². The number of fused-ring (bicyclic) bond motifs is 1. The summed E-state index contributed by atoms with van der Waals surface area (Å²) in [6, 6.07) is 9.39. The lowest BCUT2D eigenvalue weighted by molar-refractivity contribution is -0.136. The van der Waals surface area contributed by atoms with Gasteiger partial charge in [-0.2, -0.15) is 0 Å². The highest BCUT2D eigenvalue weighted by Crippen LogP contribution is 2.33. The van der Waals surface area contributed by atoms with Crippen molar-refractivity contribution in [1.29, 1.82) is 0 Å². The number of halogens is 1. The van der Waals surface area contributed by atoms with E-state index in [4.69, 9.17) is 18.9 Å². The third-order valence-electron chi connectivity index (χ3n) is 5.07. The van der Waals surface area contributed by atoms with Crippen molar-refractivity contribution in [3.63, 3.8) is 0 Å². The number of amides is 1. The van der Waals surface area contributed by atoms with E-state index in [9.17, 15) is 14.3 Å². The summed E-state index contributed by atoms with van der Waals surface area (Å²) in [7, 11) is 1.43. The number of aliphatic hydroxyl groups is 1. The van der Waals surface area contributed by atoms with Gasteiger partial charge < -0.3 is 29.0 Å². The number of hydrogen-bond donors (Lipinski definition) is 1. The molecule has 1 N–H and O–H groups in total. The summed E-state index contributed by atoms with van der Waals surface area (Å²) in [4.78, 5) is 14.3. The zero-order valence-electron chi connectivity index (χ0n) is 16.0. The molecule has 2 aromatic carbocycles. The second kappa shape index (κ2) is 8.16. The quantitative estimate of drug-likeness (QED) is 0.824. The second-order valence-corrected chi connectivity index (χ2v) is 7.01. The minimum Gasteiger partial charge on any atom is -0.493 e. The first-order valence-electron chi connectivity index (χ1n) is 9.38. The van der Waals surface area contributed by atoms with E-state index in [1.54, 1.807) is 17.0 Å². The SMILES string of the molecule is COc1cc(F)ccc1O[C@@H]1CCN(C(=O)Cc2ccc3c(c2)OCO3)C[C@H]1O. The van der Waals surface area contributed by atoms with E-state index < -0.39 is 18.0 Å². The fourth-order valence-electron chi connectivity index (χ4n) is 3.51. The molecule has 1 saturated heterocycles. The molecule has 0 radical (unpaired) electrons. The van der Waals surface area contributed by atoms with Gasteiger partial charge in [0.2, 0.25) is 12.7 Å². The summed E-state index contributed by atoms with van der Waals surface area (Å²) < 4.78 is 34.9. The Kier molecular flexibility index (Phi) is 5.44. The number of likely N-dealkylation sites (tertiary alicyclic amines) is 1. The van der Waals surface area contributed by atoms with E-state index in [0.29, 0.717) is 30.2 Å². The smallest absolute Gasteiger partial charge is 0.231 e. The lowest BCUT2D eigenvalue weighted by atomic mass is 10.0. The van der Waals surface area contributed by atoms with E-state index in [1.165, 1.54) is 25.3 Å². The van der Waals surface area contributed by atoms with Gasteiger partial charge in [0, 0.05) is 19.0 Å². The number of ether oxygens (including phenoxy) is 4. The molecule has 1 amide bonds. The lowest BCUT2D eigenvalue weighted by Gasteiger charge is -2.36. The highest BCUT2D eigenvalue weighted by atomic mass is 19.1. The molecular formula is C21H22FNO6. The molecule has 154 valence electrons. The summed E-state index contributed by atoms with van der Waals surface area (Å²) in [5.74, 6) is 1.41. The van der Waals surface area contributed by atoms with Gasteiger partial charge in [0.15, 0.2) is 23.0 Å². The van der Waals surface area contributed by atoms with E-state index in [2.05, 4.69) is 0 Å². The predicted octanol–water partition coefficient (Wildman–Crippen LogP) is 2.15. The zero-order chi connectivity index (χ0) is 20.4. The van der Waals surface area contributed by atoms with Gasteiger partial charge in [-0.1, -0.05) is 6.07 Å². The topological polar surface area (TPSA) is 77.5 Å². The van der Waals surface area contributed by atoms with Crippen molar-refractivity contribution in [3.05, 3.63) is 47.8 Å². The fourth-order valence-corrected chi connectivity index (χ4v) is 3.51. The molecular weight excluding hydrogens is 381 g/mol. The molecule has 7 nitrogen and oxygen atoms in total. The Morgan fingerprint density at radius 3 is 2.83 bits per heavy atom. The van der Waals surface area contributed by atoms with Crippen LogP contribution in [0.4, 0.5) is 4.39 Å². The monoisotopic (exact) mass is 403 g/mol. The first kappa shape index (κ1) is 19.3. The minimum atomic E-state index is -0.862. The Morgan fingerprint density at radius 2 is 2.03 bits per heavy atom. The molecule has 8 heteroatoms. The first-order chi connectivity index (χ1) is 14.0. The maximum atomic E-state index is 13.3. The number of methoxy groups -OCH3 is 1. The molecule has 2 aliphatic heterocycles. The van der Waals surface area contributed by atoms with Crippen molar-refractivity contribution in [2.45, 2.75) is 25.0 Å². The van der Waals surface area contributed by atoms with Crippen molar-refractivity contribution >= 4 is 5.91 Å². The van der Waals surface area contributed by atoms with Crippen LogP contribution in [0, 0.1) is 5.82 Å². The number of β-amino-alcohol motifs (C(OH)–C–C–N with tert-alkyl or cyclic N) is 1. The Balaban J connectivity index is 1.35. The third-order valence-corrected chi connectivity index (χ3v) is 5.07. The van der Waals surface area contributed by atoms with Crippen LogP contribution in [-0.4, -0.2) is 55.1 Å². The molecule has 0 saturated carbocycles. The molecule has 29 heavy (non-hydrogen) atoms. The van der Waals surface area contributed by atoms with Gasteiger partial charge in [0.25, 0.3) is 0 Å². The van der Waals surface area contributed by atoms with Gasteiger partial charge in [-0.15, -0.1) is 0 Å². The summed E-state index contributed by atoms with van der Waals surface area (Å²) >= 11 is 0. The van der Waals surface area contributed by atoms with Crippen LogP contribution in [0.2, 0.25) is 0 Å². The average Bonchev–Trinajstić information content (AvgIpc) is 3.18. The van der Waals surface area contributed by atoms with Gasteiger partial charge in [-0.25, -0.2) is 4.39 Å². The number of carbonyl (C=O) groups excluding carboxylic acids is 1. The van der Waals surface area contributed by atoms with Gasteiger partial charge in [0.1, 0.15) is 18.0 Å². The summed E-state index contributed by atoms with van der Waals surface area (Å²) in [5, 5.41) is 10.5. The van der Waals surface area contributed by atoms with E-state index in [1.807, 2.05) is 6.07 Å². The maximum absolute atomic E-state index is 13.3. The van der Waals surface area contributed by atoms with Crippen LogP contribution in [0.3, 0.4) is 0 Å². The molecule has 4 rings (SSSR count). The molecule has 0 aliphatic carbocycles. The Labute approximate surface area is 167 Å². The largest absolute Gasteiger partial charge is 0.493 e. The van der Waals surface area contributed by atoms with Gasteiger partial charge in [-0.3, -0.25) is 4.79 Å². The normalized spacial score (nSPS) is 20.4. The number of aliphatic hydroxyl groups excluding tert-OH is 1. The zero-order valence-corrected chi connectivity index (χ0v) is 16.0. The number of benzene rings is 2. The standard InChI is InChI=1S/C21H22FNO6/c1-26-19-10-14(22)3-5-18(19)29-16-6-7-23(11-15(16)24)21(25)9-13-2-4-17-20(8-13)28-12-27-17/h2-5,8,10,15-16,24H,6-7,9,11-12H2,1H3/t15-,16-/m1/s1. The molecule has 0 spiro atoms. The van der Waals surface area contributed by atoms with Gasteiger partial charge in [-0.05, 0) is 29.8 Å². The predicted molar refractivity (Wildman–Crippen MR) is 101 cm³/mol. The molecule has 2 aliphatic rings. The highest BCUT2D eigenvalue weighted by molar-refractivity contribution is 5.79.